The van der Waals surface area contributed by atoms with Gasteiger partial charge in [-0.3, -0.25) is 9.78 Å². The Balaban J connectivity index is 1.88. The van der Waals surface area contributed by atoms with Crippen LogP contribution in [0.25, 0.3) is 44.0 Å². The number of ether oxygens (including phenoxy) is 1. The van der Waals surface area contributed by atoms with Gasteiger partial charge in [-0.25, -0.2) is 0 Å². The summed E-state index contributed by atoms with van der Waals surface area (Å²) in [5, 5.41) is 11.0. The monoisotopic (exact) mass is 534 g/mol. The van der Waals surface area contributed by atoms with Crippen molar-refractivity contribution in [2.45, 2.75) is 39.8 Å². The van der Waals surface area contributed by atoms with E-state index < -0.39 is 10.5 Å². The molecular formula is C27H23FN4O5S. The molecule has 5 aromatic rings. The third kappa shape index (κ3) is 4.43. The third-order valence-corrected chi connectivity index (χ3v) is 6.47. The van der Waals surface area contributed by atoms with Gasteiger partial charge in [-0.2, -0.15) is 13.7 Å². The molecule has 0 aliphatic carbocycles. The summed E-state index contributed by atoms with van der Waals surface area (Å²) in [6.45, 7) is 7.64. The van der Waals surface area contributed by atoms with Crippen molar-refractivity contribution in [2.75, 3.05) is 0 Å². The lowest BCUT2D eigenvalue weighted by Crippen LogP contribution is -2.14. The first-order chi connectivity index (χ1) is 18.0. The van der Waals surface area contributed by atoms with Crippen LogP contribution in [0.4, 0.5) is 3.89 Å². The van der Waals surface area contributed by atoms with Crippen LogP contribution < -0.4 is 14.3 Å². The third-order valence-electron chi connectivity index (χ3n) is 6.08. The van der Waals surface area contributed by atoms with E-state index in [9.17, 15) is 22.4 Å². The molecule has 9 nitrogen and oxygen atoms in total. The average Bonchev–Trinajstić information content (AvgIpc) is 3.21. The van der Waals surface area contributed by atoms with Gasteiger partial charge >= 0.3 is 10.5 Å². The standard InChI is InChI=1S/C27H23FN4O5S/c1-14(2)32-23-9-20(17-8-18(13-30-12-17)37-38(28,34)35)24(36-15(3)4)10-21(23)26(33)25-19-6-5-16(11-29)7-22(19)31-27(25)32/h5-10,12-15,31H,1-4H3. The second-order valence-corrected chi connectivity index (χ2v) is 10.4. The number of aromatic amines is 1. The van der Waals surface area contributed by atoms with Gasteiger partial charge in [0.1, 0.15) is 11.4 Å². The van der Waals surface area contributed by atoms with Gasteiger partial charge < -0.3 is 18.5 Å². The summed E-state index contributed by atoms with van der Waals surface area (Å²) < 4.78 is 47.7. The van der Waals surface area contributed by atoms with E-state index in [2.05, 4.69) is 20.2 Å². The first kappa shape index (κ1) is 25.2. The molecule has 0 bridgehead atoms. The number of nitriles is 1. The van der Waals surface area contributed by atoms with E-state index in [4.69, 9.17) is 4.74 Å². The van der Waals surface area contributed by atoms with E-state index >= 15 is 0 Å². The van der Waals surface area contributed by atoms with E-state index in [1.54, 1.807) is 30.3 Å². The van der Waals surface area contributed by atoms with Crippen molar-refractivity contribution >= 4 is 43.3 Å². The van der Waals surface area contributed by atoms with Gasteiger partial charge in [0.25, 0.3) is 0 Å². The van der Waals surface area contributed by atoms with Crippen molar-refractivity contribution in [3.63, 3.8) is 0 Å². The maximum Gasteiger partial charge on any atom is 0.488 e. The summed E-state index contributed by atoms with van der Waals surface area (Å²) in [6.07, 6.45) is 2.30. The zero-order valence-corrected chi connectivity index (χ0v) is 21.8. The topological polar surface area (TPSA) is 127 Å². The van der Waals surface area contributed by atoms with Gasteiger partial charge in [-0.1, -0.05) is 9.95 Å². The molecule has 2 aromatic carbocycles. The predicted octanol–water partition coefficient (Wildman–Crippen LogP) is 5.53. The highest BCUT2D eigenvalue weighted by atomic mass is 32.3. The van der Waals surface area contributed by atoms with Crippen molar-refractivity contribution < 1.29 is 21.2 Å². The molecule has 0 amide bonds. The number of pyridine rings is 2. The fourth-order valence-electron chi connectivity index (χ4n) is 4.71. The van der Waals surface area contributed by atoms with Crippen molar-refractivity contribution in [3.05, 3.63) is 64.6 Å². The summed E-state index contributed by atoms with van der Waals surface area (Å²) >= 11 is 0. The predicted molar refractivity (Wildman–Crippen MR) is 142 cm³/mol. The number of aromatic nitrogens is 3. The number of hydrogen-bond acceptors (Lipinski definition) is 7. The Morgan fingerprint density at radius 3 is 2.50 bits per heavy atom. The van der Waals surface area contributed by atoms with Gasteiger partial charge in [-0.05, 0) is 58.0 Å². The van der Waals surface area contributed by atoms with E-state index in [0.717, 1.165) is 6.20 Å². The molecule has 0 fully saturated rings. The molecule has 0 radical (unpaired) electrons. The van der Waals surface area contributed by atoms with E-state index in [1.165, 1.54) is 12.3 Å². The second-order valence-electron chi connectivity index (χ2n) is 9.43. The maximum absolute atomic E-state index is 13.9. The second kappa shape index (κ2) is 9.15. The molecule has 194 valence electrons. The molecule has 0 saturated carbocycles. The SMILES string of the molecule is CC(C)Oc1cc2c(=O)c3c4ccc(C#N)cc4[nH]c3n(C(C)C)c2cc1-c1cncc(OS(=O)(=O)F)c1. The number of H-pyrrole nitrogens is 1. The first-order valence-corrected chi connectivity index (χ1v) is 13.1. The molecular weight excluding hydrogens is 511 g/mol. The van der Waals surface area contributed by atoms with Crippen molar-refractivity contribution in [1.82, 2.24) is 14.5 Å². The minimum absolute atomic E-state index is 0.0849. The van der Waals surface area contributed by atoms with Crippen LogP contribution in [0.5, 0.6) is 11.5 Å². The highest BCUT2D eigenvalue weighted by Crippen LogP contribution is 2.38. The van der Waals surface area contributed by atoms with Crippen LogP contribution in [0.15, 0.2) is 53.6 Å². The van der Waals surface area contributed by atoms with Crippen LogP contribution in [0.3, 0.4) is 0 Å². The minimum Gasteiger partial charge on any atom is -0.490 e. The molecule has 0 unspecified atom stereocenters. The van der Waals surface area contributed by atoms with E-state index in [-0.39, 0.29) is 23.3 Å². The molecule has 3 aromatic heterocycles. The van der Waals surface area contributed by atoms with E-state index in [0.29, 0.717) is 55.3 Å². The Labute approximate surface area is 217 Å². The summed E-state index contributed by atoms with van der Waals surface area (Å²) in [7, 11) is -5.25. The number of halogens is 1. The van der Waals surface area contributed by atoms with Gasteiger partial charge in [0, 0.05) is 34.3 Å². The fraction of sp³-hybridized carbons (Fsp3) is 0.222. The molecule has 1 N–H and O–H groups in total. The van der Waals surface area contributed by atoms with Gasteiger partial charge in [0.2, 0.25) is 0 Å². The quantitative estimate of drug-likeness (QED) is 0.284. The highest BCUT2D eigenvalue weighted by Gasteiger charge is 2.22. The molecule has 3 heterocycles. The number of nitrogens with zero attached hydrogens (tertiary/aromatic N) is 3. The summed E-state index contributed by atoms with van der Waals surface area (Å²) in [6, 6.07) is 11.9. The Kier molecular flexibility index (Phi) is 6.07. The Hall–Kier alpha value is -4.43. The van der Waals surface area contributed by atoms with Gasteiger partial charge in [-0.15, -0.1) is 0 Å². The summed E-state index contributed by atoms with van der Waals surface area (Å²) in [5.74, 6) is 0.0640. The average molecular weight is 535 g/mol. The maximum atomic E-state index is 13.9. The summed E-state index contributed by atoms with van der Waals surface area (Å²) in [5.41, 5.74) is 3.04. The lowest BCUT2D eigenvalue weighted by molar-refractivity contribution is 0.244. The van der Waals surface area contributed by atoms with Crippen LogP contribution in [-0.4, -0.2) is 29.1 Å². The molecule has 5 rings (SSSR count). The van der Waals surface area contributed by atoms with Crippen LogP contribution in [0.1, 0.15) is 39.3 Å². The van der Waals surface area contributed by atoms with Gasteiger partial charge in [0.05, 0.1) is 40.2 Å². The number of fused-ring (bicyclic) bond motifs is 4. The van der Waals surface area contributed by atoms with Crippen molar-refractivity contribution in [2.24, 2.45) is 0 Å². The molecule has 0 spiro atoms. The smallest absolute Gasteiger partial charge is 0.488 e. The molecule has 11 heteroatoms. The zero-order chi connectivity index (χ0) is 27.4. The number of benzene rings is 2. The molecule has 38 heavy (non-hydrogen) atoms. The van der Waals surface area contributed by atoms with E-state index in [1.807, 2.05) is 32.3 Å². The molecule has 0 atom stereocenters. The lowest BCUT2D eigenvalue weighted by Gasteiger charge is -2.20. The minimum atomic E-state index is -5.25. The zero-order valence-electron chi connectivity index (χ0n) is 20.9. The molecule has 0 aliphatic rings. The summed E-state index contributed by atoms with van der Waals surface area (Å²) in [4.78, 5) is 21.2. The highest BCUT2D eigenvalue weighted by molar-refractivity contribution is 7.81. The van der Waals surface area contributed by atoms with Crippen molar-refractivity contribution in [3.8, 4) is 28.7 Å². The lowest BCUT2D eigenvalue weighted by atomic mass is 10.0. The van der Waals surface area contributed by atoms with Crippen LogP contribution in [0, 0.1) is 11.3 Å². The normalized spacial score (nSPS) is 12.1. The molecule has 0 saturated heterocycles. The first-order valence-electron chi connectivity index (χ1n) is 11.8. The fourth-order valence-corrected chi connectivity index (χ4v) is 5.03. The van der Waals surface area contributed by atoms with Crippen LogP contribution in [-0.2, 0) is 10.5 Å². The molecule has 0 aliphatic heterocycles. The Morgan fingerprint density at radius 1 is 1.08 bits per heavy atom. The van der Waals surface area contributed by atoms with Crippen LogP contribution >= 0.6 is 0 Å². The number of hydrogen-bond donors (Lipinski definition) is 1. The van der Waals surface area contributed by atoms with Crippen molar-refractivity contribution in [1.29, 1.82) is 5.26 Å². The number of nitrogens with one attached hydrogen (secondary N) is 1. The van der Waals surface area contributed by atoms with Gasteiger partial charge in [0.15, 0.2) is 11.2 Å². The Morgan fingerprint density at radius 2 is 1.84 bits per heavy atom. The largest absolute Gasteiger partial charge is 0.490 e. The van der Waals surface area contributed by atoms with Crippen LogP contribution in [0.2, 0.25) is 0 Å². The Bertz CT molecular complexity index is 1950. The number of rotatable bonds is 6.